The lowest BCUT2D eigenvalue weighted by molar-refractivity contribution is -0.120. The molecule has 0 aromatic carbocycles. The predicted molar refractivity (Wildman–Crippen MR) is 89.5 cm³/mol. The van der Waals surface area contributed by atoms with Crippen molar-refractivity contribution in [3.8, 4) is 0 Å². The Morgan fingerprint density at radius 2 is 2.05 bits per heavy atom. The van der Waals surface area contributed by atoms with Crippen LogP contribution >= 0.6 is 11.3 Å². The monoisotopic (exact) mass is 327 g/mol. The van der Waals surface area contributed by atoms with Gasteiger partial charge in [-0.1, -0.05) is 0 Å². The summed E-state index contributed by atoms with van der Waals surface area (Å²) in [4.78, 5) is 21.4. The minimum atomic E-state index is -0.0915. The molecule has 0 aliphatic heterocycles. The molecule has 22 heavy (non-hydrogen) atoms. The number of aromatic nitrogens is 1. The molecule has 1 amide bonds. The van der Waals surface area contributed by atoms with E-state index in [1.54, 1.807) is 25.5 Å². The number of ether oxygens (including phenoxy) is 1. The average Bonchev–Trinajstić information content (AvgIpc) is 2.81. The highest BCUT2D eigenvalue weighted by Crippen LogP contribution is 2.16. The number of hydrogen-bond acceptors (Lipinski definition) is 5. The van der Waals surface area contributed by atoms with Crippen LogP contribution in [0.5, 0.6) is 0 Å². The molecule has 0 bridgehead atoms. The zero-order valence-corrected chi connectivity index (χ0v) is 14.5. The molecule has 8 heteroatoms. The van der Waals surface area contributed by atoms with Gasteiger partial charge in [-0.05, 0) is 13.8 Å². The molecule has 0 radical (unpaired) electrons. The van der Waals surface area contributed by atoms with Gasteiger partial charge in [-0.15, -0.1) is 11.3 Å². The van der Waals surface area contributed by atoms with Crippen LogP contribution < -0.4 is 16.0 Å². The number of carbonyl (C=O) groups is 1. The molecule has 1 rings (SSSR count). The quantitative estimate of drug-likeness (QED) is 0.361. The minimum Gasteiger partial charge on any atom is -0.383 e. The second-order valence-electron chi connectivity index (χ2n) is 4.69. The van der Waals surface area contributed by atoms with E-state index in [1.807, 2.05) is 6.92 Å². The number of methoxy groups -OCH3 is 1. The van der Waals surface area contributed by atoms with Crippen LogP contribution in [0.25, 0.3) is 0 Å². The van der Waals surface area contributed by atoms with Gasteiger partial charge in [0.25, 0.3) is 0 Å². The Morgan fingerprint density at radius 1 is 1.27 bits per heavy atom. The number of carbonyl (C=O) groups excluding carboxylic acids is 1. The van der Waals surface area contributed by atoms with Gasteiger partial charge in [0.2, 0.25) is 5.91 Å². The van der Waals surface area contributed by atoms with Crippen molar-refractivity contribution in [2.75, 3.05) is 40.4 Å². The molecule has 0 unspecified atom stereocenters. The fraction of sp³-hybridized carbons (Fsp3) is 0.643. The summed E-state index contributed by atoms with van der Waals surface area (Å²) in [6.45, 7) is 6.01. The highest BCUT2D eigenvalue weighted by molar-refractivity contribution is 7.11. The Morgan fingerprint density at radius 3 is 2.64 bits per heavy atom. The first-order valence-electron chi connectivity index (χ1n) is 7.20. The number of rotatable bonds is 8. The van der Waals surface area contributed by atoms with Crippen molar-refractivity contribution in [2.24, 2.45) is 4.99 Å². The minimum absolute atomic E-state index is 0.0915. The molecule has 0 aliphatic rings. The van der Waals surface area contributed by atoms with E-state index in [2.05, 4.69) is 32.9 Å². The van der Waals surface area contributed by atoms with E-state index in [0.717, 1.165) is 23.7 Å². The lowest BCUT2D eigenvalue weighted by Gasteiger charge is -2.11. The van der Waals surface area contributed by atoms with Gasteiger partial charge in [-0.3, -0.25) is 9.79 Å². The zero-order valence-electron chi connectivity index (χ0n) is 13.7. The summed E-state index contributed by atoms with van der Waals surface area (Å²) >= 11 is 1.72. The normalized spacial score (nSPS) is 11.4. The van der Waals surface area contributed by atoms with Gasteiger partial charge in [-0.25, -0.2) is 4.98 Å². The van der Waals surface area contributed by atoms with Crippen molar-refractivity contribution in [2.45, 2.75) is 20.3 Å². The van der Waals surface area contributed by atoms with Crippen LogP contribution in [0.3, 0.4) is 0 Å². The van der Waals surface area contributed by atoms with Crippen molar-refractivity contribution in [3.63, 3.8) is 0 Å². The summed E-state index contributed by atoms with van der Waals surface area (Å²) in [5.74, 6) is 0.512. The molecule has 1 aromatic heterocycles. The maximum absolute atomic E-state index is 11.6. The Hall–Kier alpha value is -1.67. The Balaban J connectivity index is 2.23. The average molecular weight is 327 g/mol. The maximum atomic E-state index is 11.6. The van der Waals surface area contributed by atoms with Crippen molar-refractivity contribution in [1.29, 1.82) is 0 Å². The van der Waals surface area contributed by atoms with Crippen molar-refractivity contribution in [3.05, 3.63) is 15.6 Å². The molecule has 3 N–H and O–H groups in total. The fourth-order valence-corrected chi connectivity index (χ4v) is 2.61. The third-order valence-corrected chi connectivity index (χ3v) is 4.11. The number of aliphatic imine (C=N–C) groups is 1. The zero-order chi connectivity index (χ0) is 16.4. The highest BCUT2D eigenvalue weighted by Gasteiger charge is 2.05. The van der Waals surface area contributed by atoms with Crippen LogP contribution in [0.1, 0.15) is 15.6 Å². The number of guanidine groups is 1. The molecule has 1 heterocycles. The van der Waals surface area contributed by atoms with Gasteiger partial charge in [0.1, 0.15) is 0 Å². The summed E-state index contributed by atoms with van der Waals surface area (Å²) in [6.07, 6.45) is 0.833. The van der Waals surface area contributed by atoms with E-state index < -0.39 is 0 Å². The molecule has 0 atom stereocenters. The van der Waals surface area contributed by atoms with Gasteiger partial charge in [0, 0.05) is 38.5 Å². The van der Waals surface area contributed by atoms with Crippen LogP contribution in [0, 0.1) is 13.8 Å². The third-order valence-electron chi connectivity index (χ3n) is 2.97. The van der Waals surface area contributed by atoms with E-state index in [1.165, 1.54) is 4.88 Å². The van der Waals surface area contributed by atoms with Crippen LogP contribution in [-0.4, -0.2) is 57.2 Å². The van der Waals surface area contributed by atoms with Crippen LogP contribution in [-0.2, 0) is 16.0 Å². The highest BCUT2D eigenvalue weighted by atomic mass is 32.1. The number of amides is 1. The standard InChI is InChI=1S/C14H25N5O2S/c1-10-11(2)22-13(19-10)5-6-17-14(15-3)18-9-12(20)16-7-8-21-4/h5-9H2,1-4H3,(H,16,20)(H2,15,17,18). The van der Waals surface area contributed by atoms with Gasteiger partial charge >= 0.3 is 0 Å². The number of thiazole rings is 1. The molecule has 7 nitrogen and oxygen atoms in total. The van der Waals surface area contributed by atoms with Gasteiger partial charge in [0.15, 0.2) is 5.96 Å². The van der Waals surface area contributed by atoms with Crippen molar-refractivity contribution in [1.82, 2.24) is 20.9 Å². The van der Waals surface area contributed by atoms with Crippen LogP contribution in [0.2, 0.25) is 0 Å². The number of aryl methyl sites for hydroxylation is 2. The summed E-state index contributed by atoms with van der Waals surface area (Å²) in [7, 11) is 3.28. The van der Waals surface area contributed by atoms with Crippen molar-refractivity contribution >= 4 is 23.2 Å². The molecule has 0 fully saturated rings. The number of nitrogens with zero attached hydrogens (tertiary/aromatic N) is 2. The maximum Gasteiger partial charge on any atom is 0.239 e. The summed E-state index contributed by atoms with van der Waals surface area (Å²) in [5, 5.41) is 9.98. The first-order chi connectivity index (χ1) is 10.6. The Kier molecular flexibility index (Phi) is 8.46. The van der Waals surface area contributed by atoms with Crippen LogP contribution in [0.15, 0.2) is 4.99 Å². The van der Waals surface area contributed by atoms with Gasteiger partial charge in [-0.2, -0.15) is 0 Å². The molecule has 0 saturated heterocycles. The summed E-state index contributed by atoms with van der Waals surface area (Å²) in [5.41, 5.74) is 1.09. The van der Waals surface area contributed by atoms with E-state index in [9.17, 15) is 4.79 Å². The smallest absolute Gasteiger partial charge is 0.239 e. The lowest BCUT2D eigenvalue weighted by atomic mass is 10.4. The molecule has 124 valence electrons. The topological polar surface area (TPSA) is 87.6 Å². The first kappa shape index (κ1) is 18.4. The van der Waals surface area contributed by atoms with E-state index in [0.29, 0.717) is 19.1 Å². The predicted octanol–water partition coefficient (Wildman–Crippen LogP) is 0.230. The van der Waals surface area contributed by atoms with Crippen molar-refractivity contribution < 1.29 is 9.53 Å². The molecule has 0 aliphatic carbocycles. The third kappa shape index (κ3) is 6.86. The second kappa shape index (κ2) is 10.1. The van der Waals surface area contributed by atoms with E-state index >= 15 is 0 Å². The second-order valence-corrected chi connectivity index (χ2v) is 5.98. The summed E-state index contributed by atoms with van der Waals surface area (Å²) in [6, 6.07) is 0. The van der Waals surface area contributed by atoms with E-state index in [-0.39, 0.29) is 12.5 Å². The first-order valence-corrected chi connectivity index (χ1v) is 8.01. The van der Waals surface area contributed by atoms with Crippen LogP contribution in [0.4, 0.5) is 0 Å². The number of hydrogen-bond donors (Lipinski definition) is 3. The fourth-order valence-electron chi connectivity index (χ4n) is 1.67. The largest absolute Gasteiger partial charge is 0.383 e. The SMILES string of the molecule is CN=C(NCCc1nc(C)c(C)s1)NCC(=O)NCCOC. The van der Waals surface area contributed by atoms with Gasteiger partial charge in [0.05, 0.1) is 23.9 Å². The number of nitrogens with one attached hydrogen (secondary N) is 3. The summed E-state index contributed by atoms with van der Waals surface area (Å²) < 4.78 is 4.87. The molecular formula is C14H25N5O2S. The molecule has 0 spiro atoms. The molecule has 1 aromatic rings. The lowest BCUT2D eigenvalue weighted by Crippen LogP contribution is -2.44. The van der Waals surface area contributed by atoms with Gasteiger partial charge < -0.3 is 20.7 Å². The molecular weight excluding hydrogens is 302 g/mol. The Labute approximate surface area is 135 Å². The van der Waals surface area contributed by atoms with E-state index in [4.69, 9.17) is 4.74 Å². The molecule has 0 saturated carbocycles. The Bertz CT molecular complexity index is 482.